The highest BCUT2D eigenvalue weighted by Crippen LogP contribution is 2.28. The van der Waals surface area contributed by atoms with Gasteiger partial charge in [0, 0.05) is 13.1 Å². The molecule has 0 radical (unpaired) electrons. The average molecular weight is 340 g/mol. The van der Waals surface area contributed by atoms with Crippen LogP contribution < -0.4 is 5.32 Å². The third-order valence-corrected chi connectivity index (χ3v) is 6.10. The van der Waals surface area contributed by atoms with Gasteiger partial charge in [-0.1, -0.05) is 51.3 Å². The minimum Gasteiger partial charge on any atom is -0.390 e. The van der Waals surface area contributed by atoms with Crippen molar-refractivity contribution < 1.29 is 9.90 Å². The molecular formula is C17H29N3O2S. The van der Waals surface area contributed by atoms with Gasteiger partial charge in [0.25, 0.3) is 0 Å². The fourth-order valence-electron chi connectivity index (χ4n) is 3.00. The largest absolute Gasteiger partial charge is 0.390 e. The highest BCUT2D eigenvalue weighted by Gasteiger charge is 2.27. The van der Waals surface area contributed by atoms with Crippen LogP contribution in [0.4, 0.5) is 0 Å². The van der Waals surface area contributed by atoms with Gasteiger partial charge in [0.15, 0.2) is 5.16 Å². The first kappa shape index (κ1) is 18.3. The van der Waals surface area contributed by atoms with Crippen LogP contribution in [0.5, 0.6) is 0 Å². The molecule has 1 aromatic rings. The van der Waals surface area contributed by atoms with Crippen LogP contribution in [0.3, 0.4) is 0 Å². The minimum absolute atomic E-state index is 0.0370. The first-order chi connectivity index (χ1) is 11.0. The second-order valence-corrected chi connectivity index (χ2v) is 7.84. The molecule has 1 aromatic heterocycles. The Labute approximate surface area is 143 Å². The van der Waals surface area contributed by atoms with Crippen LogP contribution in [0, 0.1) is 5.92 Å². The van der Waals surface area contributed by atoms with Crippen molar-refractivity contribution >= 4 is 17.7 Å². The smallest absolute Gasteiger partial charge is 0.234 e. The standard InChI is InChI=1S/C17H29N3O2S/c1-12(2)15(23-17-18-10-14(11-21)20(17)3)16(22)19-13-8-6-4-5-7-9-13/h10,12-13,15,21H,4-9,11H2,1-3H3,(H,19,22). The normalized spacial score (nSPS) is 18.0. The zero-order chi connectivity index (χ0) is 16.8. The summed E-state index contributed by atoms with van der Waals surface area (Å²) >= 11 is 1.49. The lowest BCUT2D eigenvalue weighted by atomic mass is 10.1. The number of carbonyl (C=O) groups is 1. The zero-order valence-corrected chi connectivity index (χ0v) is 15.2. The van der Waals surface area contributed by atoms with Gasteiger partial charge in [0.1, 0.15) is 0 Å². The maximum atomic E-state index is 12.7. The molecule has 2 rings (SSSR count). The van der Waals surface area contributed by atoms with Gasteiger partial charge in [-0.25, -0.2) is 4.98 Å². The SMILES string of the molecule is CC(C)C(Sc1ncc(CO)n1C)C(=O)NC1CCCCCC1. The number of aromatic nitrogens is 2. The van der Waals surface area contributed by atoms with Crippen LogP contribution in [-0.2, 0) is 18.4 Å². The Bertz CT molecular complexity index is 508. The summed E-state index contributed by atoms with van der Waals surface area (Å²) in [4.78, 5) is 17.1. The average Bonchev–Trinajstić information content (AvgIpc) is 2.71. The zero-order valence-electron chi connectivity index (χ0n) is 14.4. The topological polar surface area (TPSA) is 67.2 Å². The van der Waals surface area contributed by atoms with Crippen molar-refractivity contribution in [1.82, 2.24) is 14.9 Å². The van der Waals surface area contributed by atoms with E-state index in [4.69, 9.17) is 0 Å². The maximum Gasteiger partial charge on any atom is 0.234 e. The van der Waals surface area contributed by atoms with Crippen LogP contribution in [0.25, 0.3) is 0 Å². The number of aliphatic hydroxyl groups excluding tert-OH is 1. The van der Waals surface area contributed by atoms with E-state index in [-0.39, 0.29) is 23.7 Å². The van der Waals surface area contributed by atoms with Gasteiger partial charge >= 0.3 is 0 Å². The molecule has 0 aliphatic heterocycles. The summed E-state index contributed by atoms with van der Waals surface area (Å²) < 4.78 is 1.86. The van der Waals surface area contributed by atoms with Crippen molar-refractivity contribution in [2.45, 2.75) is 75.4 Å². The minimum atomic E-state index is -0.161. The Balaban J connectivity index is 2.01. The summed E-state index contributed by atoms with van der Waals surface area (Å²) in [5.74, 6) is 0.338. The third-order valence-electron chi connectivity index (χ3n) is 4.50. The van der Waals surface area contributed by atoms with Crippen LogP contribution in [0.2, 0.25) is 0 Å². The van der Waals surface area contributed by atoms with E-state index in [1.165, 1.54) is 37.4 Å². The first-order valence-corrected chi connectivity index (χ1v) is 9.49. The molecule has 1 saturated carbocycles. The highest BCUT2D eigenvalue weighted by molar-refractivity contribution is 8.00. The lowest BCUT2D eigenvalue weighted by molar-refractivity contribution is -0.122. The molecule has 1 heterocycles. The predicted molar refractivity (Wildman–Crippen MR) is 93.2 cm³/mol. The second-order valence-electron chi connectivity index (χ2n) is 6.73. The van der Waals surface area contributed by atoms with Gasteiger partial charge in [-0.15, -0.1) is 0 Å². The Morgan fingerprint density at radius 1 is 1.39 bits per heavy atom. The number of hydrogen-bond acceptors (Lipinski definition) is 4. The molecule has 1 aliphatic rings. The van der Waals surface area contributed by atoms with Gasteiger partial charge in [-0.3, -0.25) is 4.79 Å². The molecule has 1 fully saturated rings. The number of imidazole rings is 1. The molecule has 5 nitrogen and oxygen atoms in total. The molecule has 23 heavy (non-hydrogen) atoms. The molecule has 1 amide bonds. The summed E-state index contributed by atoms with van der Waals surface area (Å²) in [5, 5.41) is 13.2. The Kier molecular flexibility index (Phi) is 6.96. The van der Waals surface area contributed by atoms with Crippen molar-refractivity contribution in [2.24, 2.45) is 13.0 Å². The molecule has 1 unspecified atom stereocenters. The molecule has 1 atom stereocenters. The third kappa shape index (κ3) is 4.98. The maximum absolute atomic E-state index is 12.7. The van der Waals surface area contributed by atoms with Crippen LogP contribution in [0.15, 0.2) is 11.4 Å². The van der Waals surface area contributed by atoms with E-state index in [2.05, 4.69) is 24.1 Å². The van der Waals surface area contributed by atoms with Gasteiger partial charge in [-0.2, -0.15) is 0 Å². The second kappa shape index (κ2) is 8.73. The van der Waals surface area contributed by atoms with E-state index in [1.807, 2.05) is 11.6 Å². The fraction of sp³-hybridized carbons (Fsp3) is 0.765. The number of amides is 1. The molecule has 130 valence electrons. The number of nitrogens with zero attached hydrogens (tertiary/aromatic N) is 2. The summed E-state index contributed by atoms with van der Waals surface area (Å²) in [6.07, 6.45) is 8.85. The molecule has 0 aromatic carbocycles. The van der Waals surface area contributed by atoms with Crippen molar-refractivity contribution in [1.29, 1.82) is 0 Å². The summed E-state index contributed by atoms with van der Waals surface area (Å²) in [6, 6.07) is 0.321. The lowest BCUT2D eigenvalue weighted by Crippen LogP contribution is -2.42. The highest BCUT2D eigenvalue weighted by atomic mass is 32.2. The lowest BCUT2D eigenvalue weighted by Gasteiger charge is -2.23. The number of rotatable bonds is 6. The number of aliphatic hydroxyl groups is 1. The molecule has 2 N–H and O–H groups in total. The predicted octanol–water partition coefficient (Wildman–Crippen LogP) is 2.87. The number of thioether (sulfide) groups is 1. The van der Waals surface area contributed by atoms with Gasteiger partial charge in [0.05, 0.1) is 23.7 Å². The molecule has 0 saturated heterocycles. The Morgan fingerprint density at radius 2 is 2.04 bits per heavy atom. The monoisotopic (exact) mass is 339 g/mol. The van der Waals surface area contributed by atoms with Crippen molar-refractivity contribution in [2.75, 3.05) is 0 Å². The number of hydrogen-bond donors (Lipinski definition) is 2. The van der Waals surface area contributed by atoms with E-state index in [1.54, 1.807) is 6.20 Å². The molecule has 0 spiro atoms. The molecule has 6 heteroatoms. The molecule has 1 aliphatic carbocycles. The van der Waals surface area contributed by atoms with E-state index in [0.717, 1.165) is 23.7 Å². The Hall–Kier alpha value is -1.01. The summed E-state index contributed by atoms with van der Waals surface area (Å²) in [7, 11) is 1.88. The van der Waals surface area contributed by atoms with Crippen LogP contribution in [0.1, 0.15) is 58.1 Å². The van der Waals surface area contributed by atoms with Crippen LogP contribution in [-0.4, -0.2) is 31.9 Å². The van der Waals surface area contributed by atoms with Gasteiger partial charge in [0.2, 0.25) is 5.91 Å². The van der Waals surface area contributed by atoms with Gasteiger partial charge < -0.3 is 15.0 Å². The number of nitrogens with one attached hydrogen (secondary N) is 1. The van der Waals surface area contributed by atoms with Crippen molar-refractivity contribution in [3.8, 4) is 0 Å². The quantitative estimate of drug-likeness (QED) is 0.618. The van der Waals surface area contributed by atoms with Crippen molar-refractivity contribution in [3.63, 3.8) is 0 Å². The van der Waals surface area contributed by atoms with Crippen LogP contribution >= 0.6 is 11.8 Å². The molecular weight excluding hydrogens is 310 g/mol. The van der Waals surface area contributed by atoms with Gasteiger partial charge in [-0.05, 0) is 18.8 Å². The fourth-order valence-corrected chi connectivity index (χ4v) is 4.06. The van der Waals surface area contributed by atoms with Crippen molar-refractivity contribution in [3.05, 3.63) is 11.9 Å². The summed E-state index contributed by atoms with van der Waals surface area (Å²) in [6.45, 7) is 4.10. The Morgan fingerprint density at radius 3 is 2.57 bits per heavy atom. The molecule has 0 bridgehead atoms. The first-order valence-electron chi connectivity index (χ1n) is 8.61. The van der Waals surface area contributed by atoms with E-state index in [0.29, 0.717) is 6.04 Å². The summed E-state index contributed by atoms with van der Waals surface area (Å²) in [5.41, 5.74) is 0.763. The van der Waals surface area contributed by atoms with E-state index in [9.17, 15) is 9.90 Å². The van der Waals surface area contributed by atoms with E-state index < -0.39 is 0 Å². The van der Waals surface area contributed by atoms with E-state index >= 15 is 0 Å². The number of carbonyl (C=O) groups excluding carboxylic acids is 1.